The highest BCUT2D eigenvalue weighted by atomic mass is 16.5. The summed E-state index contributed by atoms with van der Waals surface area (Å²) in [4.78, 5) is 27.9. The summed E-state index contributed by atoms with van der Waals surface area (Å²) in [5.41, 5.74) is 9.44. The molecular weight excluding hydrogens is 402 g/mol. The highest BCUT2D eigenvalue weighted by Crippen LogP contribution is 2.32. The van der Waals surface area contributed by atoms with Crippen molar-refractivity contribution in [1.29, 1.82) is 0 Å². The smallest absolute Gasteiger partial charge is 0.251 e. The lowest BCUT2D eigenvalue weighted by atomic mass is 10.0. The number of nitrogens with zero attached hydrogens (tertiary/aromatic N) is 1. The molecule has 3 rings (SSSR count). The fourth-order valence-corrected chi connectivity index (χ4v) is 3.54. The van der Waals surface area contributed by atoms with Gasteiger partial charge in [0.15, 0.2) is 0 Å². The van der Waals surface area contributed by atoms with Crippen molar-refractivity contribution in [3.63, 3.8) is 0 Å². The summed E-state index contributed by atoms with van der Waals surface area (Å²) in [7, 11) is 1.58. The maximum atomic E-state index is 13.5. The topological polar surface area (TPSA) is 84.7 Å². The first-order chi connectivity index (χ1) is 15.4. The van der Waals surface area contributed by atoms with E-state index in [0.717, 1.165) is 11.1 Å². The van der Waals surface area contributed by atoms with Crippen LogP contribution in [0, 0.1) is 6.92 Å². The van der Waals surface area contributed by atoms with E-state index in [1.54, 1.807) is 43.5 Å². The summed E-state index contributed by atoms with van der Waals surface area (Å²) in [5.74, 6) is -0.0474. The fourth-order valence-electron chi connectivity index (χ4n) is 3.54. The standard InChI is InChI=1S/C26H27N3O3/c1-4-24(30)29(22-13-14-23(32-3)18(2)15-22)25(20-11-8-12-21(27)16-20)26(31)28-17-19-9-6-5-7-10-19/h4-16,25H,1,17,27H2,2-3H3,(H,28,31). The minimum atomic E-state index is -0.944. The number of carbonyl (C=O) groups is 2. The van der Waals surface area contributed by atoms with E-state index in [1.807, 2.05) is 43.3 Å². The Morgan fingerprint density at radius 2 is 1.84 bits per heavy atom. The Balaban J connectivity index is 2.05. The van der Waals surface area contributed by atoms with Crippen LogP contribution >= 0.6 is 0 Å². The molecule has 0 fully saturated rings. The van der Waals surface area contributed by atoms with Crippen LogP contribution in [0.3, 0.4) is 0 Å². The Hall–Kier alpha value is -4.06. The van der Waals surface area contributed by atoms with Gasteiger partial charge in [0.25, 0.3) is 5.91 Å². The van der Waals surface area contributed by atoms with Crippen molar-refractivity contribution in [3.05, 3.63) is 102 Å². The number of rotatable bonds is 8. The van der Waals surface area contributed by atoms with E-state index in [2.05, 4.69) is 11.9 Å². The Kier molecular flexibility index (Phi) is 7.29. The van der Waals surface area contributed by atoms with E-state index in [9.17, 15) is 9.59 Å². The van der Waals surface area contributed by atoms with Crippen molar-refractivity contribution in [2.24, 2.45) is 0 Å². The molecule has 1 unspecified atom stereocenters. The van der Waals surface area contributed by atoms with Gasteiger partial charge in [0.2, 0.25) is 5.91 Å². The highest BCUT2D eigenvalue weighted by Gasteiger charge is 2.32. The third-order valence-electron chi connectivity index (χ3n) is 5.11. The van der Waals surface area contributed by atoms with E-state index in [1.165, 1.54) is 11.0 Å². The van der Waals surface area contributed by atoms with Crippen LogP contribution in [0.15, 0.2) is 85.5 Å². The first kappa shape index (κ1) is 22.6. The molecule has 0 spiro atoms. The van der Waals surface area contributed by atoms with E-state index < -0.39 is 11.9 Å². The monoisotopic (exact) mass is 429 g/mol. The van der Waals surface area contributed by atoms with Gasteiger partial charge in [-0.25, -0.2) is 0 Å². The van der Waals surface area contributed by atoms with Gasteiger partial charge in [-0.05, 0) is 60.0 Å². The second kappa shape index (κ2) is 10.3. The average molecular weight is 430 g/mol. The predicted molar refractivity (Wildman–Crippen MR) is 127 cm³/mol. The summed E-state index contributed by atoms with van der Waals surface area (Å²) in [6, 6.07) is 20.9. The molecule has 6 heteroatoms. The highest BCUT2D eigenvalue weighted by molar-refractivity contribution is 6.06. The van der Waals surface area contributed by atoms with Gasteiger partial charge in [0.1, 0.15) is 11.8 Å². The van der Waals surface area contributed by atoms with Crippen molar-refractivity contribution in [2.75, 3.05) is 17.7 Å². The van der Waals surface area contributed by atoms with Crippen LogP contribution in [0.1, 0.15) is 22.7 Å². The van der Waals surface area contributed by atoms with Gasteiger partial charge < -0.3 is 15.8 Å². The van der Waals surface area contributed by atoms with Crippen LogP contribution in [0.4, 0.5) is 11.4 Å². The van der Waals surface area contributed by atoms with Gasteiger partial charge in [0.05, 0.1) is 7.11 Å². The molecule has 0 saturated carbocycles. The molecular formula is C26H27N3O3. The Morgan fingerprint density at radius 1 is 1.09 bits per heavy atom. The van der Waals surface area contributed by atoms with Crippen LogP contribution < -0.4 is 20.7 Å². The van der Waals surface area contributed by atoms with Crippen molar-refractivity contribution in [3.8, 4) is 5.75 Å². The summed E-state index contributed by atoms with van der Waals surface area (Å²) < 4.78 is 5.34. The quantitative estimate of drug-likeness (QED) is 0.416. The maximum Gasteiger partial charge on any atom is 0.251 e. The number of benzene rings is 3. The number of nitrogens with two attached hydrogens (primary N) is 1. The van der Waals surface area contributed by atoms with Crippen molar-refractivity contribution in [1.82, 2.24) is 5.32 Å². The van der Waals surface area contributed by atoms with Crippen LogP contribution in [-0.4, -0.2) is 18.9 Å². The Labute approximate surface area is 188 Å². The summed E-state index contributed by atoms with van der Waals surface area (Å²) in [5, 5.41) is 2.95. The Morgan fingerprint density at radius 3 is 2.47 bits per heavy atom. The molecule has 2 amide bonds. The van der Waals surface area contributed by atoms with E-state index in [-0.39, 0.29) is 5.91 Å². The van der Waals surface area contributed by atoms with E-state index in [4.69, 9.17) is 10.5 Å². The largest absolute Gasteiger partial charge is 0.496 e. The van der Waals surface area contributed by atoms with Gasteiger partial charge in [-0.1, -0.05) is 49.0 Å². The van der Waals surface area contributed by atoms with E-state index in [0.29, 0.717) is 29.2 Å². The fraction of sp³-hybridized carbons (Fsp3) is 0.154. The second-order valence-corrected chi connectivity index (χ2v) is 7.34. The molecule has 0 aromatic heterocycles. The normalized spacial score (nSPS) is 11.3. The van der Waals surface area contributed by atoms with Crippen LogP contribution in [0.2, 0.25) is 0 Å². The number of anilines is 2. The number of nitrogen functional groups attached to an aromatic ring is 1. The number of methoxy groups -OCH3 is 1. The summed E-state index contributed by atoms with van der Waals surface area (Å²) in [6.45, 7) is 5.85. The SMILES string of the molecule is C=CC(=O)N(c1ccc(OC)c(C)c1)C(C(=O)NCc1ccccc1)c1cccc(N)c1. The lowest BCUT2D eigenvalue weighted by Crippen LogP contribution is -2.43. The third kappa shape index (κ3) is 5.16. The van der Waals surface area contributed by atoms with Gasteiger partial charge in [-0.15, -0.1) is 0 Å². The third-order valence-corrected chi connectivity index (χ3v) is 5.11. The number of nitrogens with one attached hydrogen (secondary N) is 1. The molecule has 0 heterocycles. The van der Waals surface area contributed by atoms with Crippen molar-refractivity contribution >= 4 is 23.2 Å². The minimum absolute atomic E-state index is 0.330. The molecule has 3 N–H and O–H groups in total. The van der Waals surface area contributed by atoms with Gasteiger partial charge in [0, 0.05) is 17.9 Å². The molecule has 0 aliphatic rings. The summed E-state index contributed by atoms with van der Waals surface area (Å²) in [6.07, 6.45) is 1.20. The number of hydrogen-bond donors (Lipinski definition) is 2. The lowest BCUT2D eigenvalue weighted by molar-refractivity contribution is -0.125. The van der Waals surface area contributed by atoms with E-state index >= 15 is 0 Å². The molecule has 164 valence electrons. The molecule has 0 aliphatic carbocycles. The first-order valence-electron chi connectivity index (χ1n) is 10.2. The number of amides is 2. The molecule has 3 aromatic rings. The molecule has 0 bridgehead atoms. The zero-order valence-corrected chi connectivity index (χ0v) is 18.2. The molecule has 0 radical (unpaired) electrons. The van der Waals surface area contributed by atoms with Crippen molar-refractivity contribution in [2.45, 2.75) is 19.5 Å². The number of ether oxygens (including phenoxy) is 1. The maximum absolute atomic E-state index is 13.5. The van der Waals surface area contributed by atoms with Crippen LogP contribution in [-0.2, 0) is 16.1 Å². The van der Waals surface area contributed by atoms with Crippen LogP contribution in [0.25, 0.3) is 0 Å². The van der Waals surface area contributed by atoms with Gasteiger partial charge in [-0.2, -0.15) is 0 Å². The number of aryl methyl sites for hydroxylation is 1. The molecule has 6 nitrogen and oxygen atoms in total. The molecule has 0 saturated heterocycles. The number of carbonyl (C=O) groups excluding carboxylic acids is 2. The van der Waals surface area contributed by atoms with Crippen molar-refractivity contribution < 1.29 is 14.3 Å². The summed E-state index contributed by atoms with van der Waals surface area (Å²) >= 11 is 0. The average Bonchev–Trinajstić information content (AvgIpc) is 2.81. The number of hydrogen-bond acceptors (Lipinski definition) is 4. The molecule has 0 aliphatic heterocycles. The molecule has 32 heavy (non-hydrogen) atoms. The van der Waals surface area contributed by atoms with Gasteiger partial charge in [-0.3, -0.25) is 14.5 Å². The second-order valence-electron chi connectivity index (χ2n) is 7.34. The minimum Gasteiger partial charge on any atom is -0.496 e. The van der Waals surface area contributed by atoms with Gasteiger partial charge >= 0.3 is 0 Å². The zero-order valence-electron chi connectivity index (χ0n) is 18.2. The molecule has 1 atom stereocenters. The van der Waals surface area contributed by atoms with Crippen LogP contribution in [0.5, 0.6) is 5.75 Å². The first-order valence-corrected chi connectivity index (χ1v) is 10.2. The lowest BCUT2D eigenvalue weighted by Gasteiger charge is -2.31. The zero-order chi connectivity index (χ0) is 23.1. The predicted octanol–water partition coefficient (Wildman–Crippen LogP) is 4.16. The molecule has 3 aromatic carbocycles. The Bertz CT molecular complexity index is 1110.